The molecule has 5 aromatic rings. The van der Waals surface area contributed by atoms with Crippen molar-refractivity contribution in [2.24, 2.45) is 0 Å². The van der Waals surface area contributed by atoms with Gasteiger partial charge in [-0.05, 0) is 64.2 Å². The Morgan fingerprint density at radius 2 is 1.48 bits per heavy atom. The number of aromatic nitrogens is 1. The lowest BCUT2D eigenvalue weighted by Gasteiger charge is -2.22. The van der Waals surface area contributed by atoms with Crippen LogP contribution in [0, 0.1) is 10.1 Å². The van der Waals surface area contributed by atoms with Gasteiger partial charge < -0.3 is 4.57 Å². The Morgan fingerprint density at radius 3 is 2.30 bits per heavy atom. The van der Waals surface area contributed by atoms with E-state index in [1.54, 1.807) is 18.2 Å². The van der Waals surface area contributed by atoms with Gasteiger partial charge in [-0.25, -0.2) is 0 Å². The Kier molecular flexibility index (Phi) is 4.08. The summed E-state index contributed by atoms with van der Waals surface area (Å²) in [4.78, 5) is 11.2. The lowest BCUT2D eigenvalue weighted by molar-refractivity contribution is -0.384. The number of para-hydroxylation sites is 1. The van der Waals surface area contributed by atoms with Crippen molar-refractivity contribution in [2.45, 2.75) is 19.3 Å². The normalized spacial score (nSPS) is 13.6. The Balaban J connectivity index is 1.46. The number of rotatable bonds is 3. The maximum atomic E-state index is 11.5. The van der Waals surface area contributed by atoms with Gasteiger partial charge in [0, 0.05) is 28.8 Å². The molecule has 1 aliphatic rings. The van der Waals surface area contributed by atoms with E-state index < -0.39 is 0 Å². The van der Waals surface area contributed by atoms with Crippen LogP contribution in [0.5, 0.6) is 0 Å². The fourth-order valence-electron chi connectivity index (χ4n) is 5.25. The van der Waals surface area contributed by atoms with Gasteiger partial charge in [-0.1, -0.05) is 62.4 Å². The Morgan fingerprint density at radius 1 is 0.758 bits per heavy atom. The zero-order valence-corrected chi connectivity index (χ0v) is 18.4. The molecule has 1 heterocycles. The highest BCUT2D eigenvalue weighted by atomic mass is 16.6. The van der Waals surface area contributed by atoms with Crippen LogP contribution < -0.4 is 0 Å². The quantitative estimate of drug-likeness (QED) is 0.220. The predicted octanol–water partition coefficient (Wildman–Crippen LogP) is 7.51. The van der Waals surface area contributed by atoms with Crippen LogP contribution in [0.3, 0.4) is 0 Å². The van der Waals surface area contributed by atoms with Gasteiger partial charge in [-0.15, -0.1) is 0 Å². The standard InChI is InChI=1S/C29H22N2O2/c1-29(2)25-9-5-3-8-23(25)24-13-12-21(18-26(24)29)30-16-15-20-17-19(11-14-27(20)30)22-7-4-6-10-28(22)31(32)33/h3-18H,1-2H3. The molecule has 0 N–H and O–H groups in total. The lowest BCUT2D eigenvalue weighted by Crippen LogP contribution is -2.15. The molecule has 6 rings (SSSR count). The van der Waals surface area contributed by atoms with E-state index >= 15 is 0 Å². The van der Waals surface area contributed by atoms with Crippen molar-refractivity contribution < 1.29 is 4.92 Å². The maximum Gasteiger partial charge on any atom is 0.277 e. The highest BCUT2D eigenvalue weighted by Crippen LogP contribution is 2.49. The zero-order chi connectivity index (χ0) is 22.7. The molecule has 0 bridgehead atoms. The van der Waals surface area contributed by atoms with E-state index in [-0.39, 0.29) is 16.0 Å². The highest BCUT2D eigenvalue weighted by molar-refractivity contribution is 5.89. The van der Waals surface area contributed by atoms with Crippen molar-refractivity contribution in [3.05, 3.63) is 118 Å². The molecule has 33 heavy (non-hydrogen) atoms. The number of benzene rings is 4. The van der Waals surface area contributed by atoms with Crippen molar-refractivity contribution in [2.75, 3.05) is 0 Å². The molecule has 4 heteroatoms. The first-order valence-corrected chi connectivity index (χ1v) is 11.0. The lowest BCUT2D eigenvalue weighted by atomic mass is 9.82. The molecule has 0 saturated carbocycles. The summed E-state index contributed by atoms with van der Waals surface area (Å²) in [6.07, 6.45) is 2.07. The van der Waals surface area contributed by atoms with Crippen LogP contribution in [0.15, 0.2) is 97.2 Å². The van der Waals surface area contributed by atoms with Gasteiger partial charge in [0.25, 0.3) is 5.69 Å². The minimum Gasteiger partial charge on any atom is -0.317 e. The first-order chi connectivity index (χ1) is 15.9. The fraction of sp³-hybridized carbons (Fsp3) is 0.103. The summed E-state index contributed by atoms with van der Waals surface area (Å²) in [5.74, 6) is 0. The molecule has 0 aliphatic heterocycles. The smallest absolute Gasteiger partial charge is 0.277 e. The minimum absolute atomic E-state index is 0.0513. The van der Waals surface area contributed by atoms with Crippen LogP contribution in [-0.4, -0.2) is 9.49 Å². The SMILES string of the molecule is CC1(C)c2ccccc2-c2ccc(-n3ccc4cc(-c5ccccc5[N+](=O)[O-])ccc43)cc21. The molecule has 0 amide bonds. The molecule has 0 fully saturated rings. The van der Waals surface area contributed by atoms with Gasteiger partial charge in [0.2, 0.25) is 0 Å². The summed E-state index contributed by atoms with van der Waals surface area (Å²) < 4.78 is 2.19. The van der Waals surface area contributed by atoms with Crippen molar-refractivity contribution in [1.29, 1.82) is 0 Å². The van der Waals surface area contributed by atoms with E-state index in [0.717, 1.165) is 22.2 Å². The van der Waals surface area contributed by atoms with E-state index in [2.05, 4.69) is 79.2 Å². The van der Waals surface area contributed by atoms with E-state index in [9.17, 15) is 10.1 Å². The molecule has 0 unspecified atom stereocenters. The van der Waals surface area contributed by atoms with Gasteiger partial charge in [-0.2, -0.15) is 0 Å². The second-order valence-corrected chi connectivity index (χ2v) is 9.13. The second kappa shape index (κ2) is 6.91. The molecule has 0 atom stereocenters. The monoisotopic (exact) mass is 430 g/mol. The molecule has 0 spiro atoms. The van der Waals surface area contributed by atoms with Crippen LogP contribution in [0.2, 0.25) is 0 Å². The summed E-state index contributed by atoms with van der Waals surface area (Å²) in [7, 11) is 0. The fourth-order valence-corrected chi connectivity index (χ4v) is 5.25. The summed E-state index contributed by atoms with van der Waals surface area (Å²) in [5.41, 5.74) is 9.05. The van der Waals surface area contributed by atoms with Gasteiger partial charge in [0.15, 0.2) is 0 Å². The summed E-state index contributed by atoms with van der Waals surface area (Å²) in [6.45, 7) is 4.57. The first kappa shape index (κ1) is 19.5. The molecular formula is C29H22N2O2. The molecule has 0 saturated heterocycles. The maximum absolute atomic E-state index is 11.5. The van der Waals surface area contributed by atoms with Crippen LogP contribution in [0.25, 0.3) is 38.8 Å². The van der Waals surface area contributed by atoms with Crippen molar-refractivity contribution in [3.8, 4) is 27.9 Å². The molecule has 160 valence electrons. The van der Waals surface area contributed by atoms with Gasteiger partial charge in [0.1, 0.15) is 0 Å². The largest absolute Gasteiger partial charge is 0.317 e. The highest BCUT2D eigenvalue weighted by Gasteiger charge is 2.35. The number of nitro benzene ring substituents is 1. The Hall–Kier alpha value is -4.18. The predicted molar refractivity (Wildman–Crippen MR) is 133 cm³/mol. The third-order valence-electron chi connectivity index (χ3n) is 6.95. The Labute approximate surface area is 191 Å². The topological polar surface area (TPSA) is 48.1 Å². The number of fused-ring (bicyclic) bond motifs is 4. The summed E-state index contributed by atoms with van der Waals surface area (Å²) in [5, 5.41) is 12.5. The van der Waals surface area contributed by atoms with Crippen LogP contribution >= 0.6 is 0 Å². The second-order valence-electron chi connectivity index (χ2n) is 9.13. The molecule has 1 aromatic heterocycles. The number of hydrogen-bond acceptors (Lipinski definition) is 2. The van der Waals surface area contributed by atoms with E-state index in [1.807, 2.05) is 18.2 Å². The molecule has 0 radical (unpaired) electrons. The van der Waals surface area contributed by atoms with E-state index in [1.165, 1.54) is 22.3 Å². The van der Waals surface area contributed by atoms with Gasteiger partial charge >= 0.3 is 0 Å². The molecule has 4 aromatic carbocycles. The third-order valence-corrected chi connectivity index (χ3v) is 6.95. The van der Waals surface area contributed by atoms with Gasteiger partial charge in [0.05, 0.1) is 16.0 Å². The number of nitro groups is 1. The van der Waals surface area contributed by atoms with Crippen molar-refractivity contribution in [3.63, 3.8) is 0 Å². The number of nitrogens with zero attached hydrogens (tertiary/aromatic N) is 2. The van der Waals surface area contributed by atoms with E-state index in [4.69, 9.17) is 0 Å². The number of hydrogen-bond donors (Lipinski definition) is 0. The summed E-state index contributed by atoms with van der Waals surface area (Å²) >= 11 is 0. The zero-order valence-electron chi connectivity index (χ0n) is 18.4. The Bertz CT molecular complexity index is 1580. The van der Waals surface area contributed by atoms with Crippen LogP contribution in [0.4, 0.5) is 5.69 Å². The molecular weight excluding hydrogens is 408 g/mol. The average Bonchev–Trinajstić information content (AvgIpc) is 3.35. The van der Waals surface area contributed by atoms with Crippen LogP contribution in [-0.2, 0) is 5.41 Å². The van der Waals surface area contributed by atoms with Crippen molar-refractivity contribution >= 4 is 16.6 Å². The van der Waals surface area contributed by atoms with Crippen LogP contribution in [0.1, 0.15) is 25.0 Å². The van der Waals surface area contributed by atoms with E-state index in [0.29, 0.717) is 5.56 Å². The van der Waals surface area contributed by atoms with Crippen molar-refractivity contribution in [1.82, 2.24) is 4.57 Å². The minimum atomic E-state index is -0.324. The first-order valence-electron chi connectivity index (χ1n) is 11.0. The summed E-state index contributed by atoms with van der Waals surface area (Å²) in [6, 6.07) is 30.3. The molecule has 1 aliphatic carbocycles. The van der Waals surface area contributed by atoms with Gasteiger partial charge in [-0.3, -0.25) is 10.1 Å². The third kappa shape index (κ3) is 2.84. The average molecular weight is 431 g/mol. The molecule has 4 nitrogen and oxygen atoms in total.